The molecule has 1 unspecified atom stereocenters. The Kier molecular flexibility index (Phi) is 4.90. The van der Waals surface area contributed by atoms with Gasteiger partial charge in [0, 0.05) is 17.5 Å². The predicted octanol–water partition coefficient (Wildman–Crippen LogP) is 2.68. The number of carbonyl (C=O) groups is 1. The molecule has 3 heterocycles. The minimum atomic E-state index is -0.0690. The second kappa shape index (κ2) is 7.48. The van der Waals surface area contributed by atoms with Crippen molar-refractivity contribution in [2.45, 2.75) is 33.1 Å². The lowest BCUT2D eigenvalue weighted by Gasteiger charge is -2.09. The molecule has 1 saturated heterocycles. The number of aryl methyl sites for hydroxylation is 2. The Bertz CT molecular complexity index is 955. The molecular formula is C21H25N5O. The van der Waals surface area contributed by atoms with Gasteiger partial charge < -0.3 is 10.6 Å². The Morgan fingerprint density at radius 3 is 2.74 bits per heavy atom. The maximum atomic E-state index is 12.4. The van der Waals surface area contributed by atoms with Crippen molar-refractivity contribution in [2.75, 3.05) is 18.4 Å². The molecule has 1 aliphatic rings. The summed E-state index contributed by atoms with van der Waals surface area (Å²) in [5, 5.41) is 10.7. The molecule has 3 aromatic rings. The molecule has 1 aliphatic heterocycles. The number of hydrogen-bond acceptors (Lipinski definition) is 4. The zero-order valence-electron chi connectivity index (χ0n) is 15.8. The lowest BCUT2D eigenvalue weighted by molar-refractivity contribution is -0.115. The number of hydrogen-bond donors (Lipinski definition) is 2. The molecular weight excluding hydrogens is 338 g/mol. The van der Waals surface area contributed by atoms with E-state index in [0.29, 0.717) is 12.2 Å². The van der Waals surface area contributed by atoms with E-state index >= 15 is 0 Å². The van der Waals surface area contributed by atoms with Gasteiger partial charge in [-0.25, -0.2) is 9.50 Å². The highest BCUT2D eigenvalue weighted by Gasteiger charge is 2.15. The minimum absolute atomic E-state index is 0.0690. The minimum Gasteiger partial charge on any atom is -0.316 e. The normalized spacial score (nSPS) is 16.7. The Labute approximate surface area is 159 Å². The number of nitrogens with one attached hydrogen (secondary N) is 2. The Morgan fingerprint density at radius 1 is 1.22 bits per heavy atom. The first-order chi connectivity index (χ1) is 13.1. The zero-order chi connectivity index (χ0) is 18.8. The van der Waals surface area contributed by atoms with E-state index in [1.165, 1.54) is 12.0 Å². The molecule has 1 amide bonds. The maximum absolute atomic E-state index is 12.4. The van der Waals surface area contributed by atoms with Crippen LogP contribution in [0.1, 0.15) is 28.9 Å². The van der Waals surface area contributed by atoms with Crippen molar-refractivity contribution in [1.29, 1.82) is 0 Å². The summed E-state index contributed by atoms with van der Waals surface area (Å²) in [6, 6.07) is 12.2. The highest BCUT2D eigenvalue weighted by molar-refractivity contribution is 5.91. The van der Waals surface area contributed by atoms with Crippen molar-refractivity contribution in [2.24, 2.45) is 5.92 Å². The topological polar surface area (TPSA) is 71.3 Å². The fraction of sp³-hybridized carbons (Fsp3) is 0.381. The Balaban J connectivity index is 1.38. The van der Waals surface area contributed by atoms with E-state index in [1.54, 1.807) is 10.6 Å². The Hall–Kier alpha value is -2.73. The smallest absolute Gasteiger partial charge is 0.229 e. The molecule has 27 heavy (non-hydrogen) atoms. The summed E-state index contributed by atoms with van der Waals surface area (Å²) in [5.41, 5.74) is 5.02. The largest absolute Gasteiger partial charge is 0.316 e. The van der Waals surface area contributed by atoms with Gasteiger partial charge in [0.1, 0.15) is 0 Å². The van der Waals surface area contributed by atoms with Gasteiger partial charge in [0.2, 0.25) is 5.91 Å². The van der Waals surface area contributed by atoms with Crippen molar-refractivity contribution in [1.82, 2.24) is 19.9 Å². The Morgan fingerprint density at radius 2 is 2.00 bits per heavy atom. The SMILES string of the molecule is Cc1cc(C)n2nc(NC(=O)Cc3ccc(CC4CCNC4)cc3)cc2n1. The average molecular weight is 363 g/mol. The van der Waals surface area contributed by atoms with Crippen LogP contribution in [0.4, 0.5) is 5.82 Å². The summed E-state index contributed by atoms with van der Waals surface area (Å²) in [4.78, 5) is 16.8. The van der Waals surface area contributed by atoms with Gasteiger partial charge in [-0.15, -0.1) is 5.10 Å². The zero-order valence-corrected chi connectivity index (χ0v) is 15.8. The van der Waals surface area contributed by atoms with E-state index in [9.17, 15) is 4.79 Å². The van der Waals surface area contributed by atoms with Crippen LogP contribution in [0.25, 0.3) is 5.65 Å². The summed E-state index contributed by atoms with van der Waals surface area (Å²) in [6.07, 6.45) is 2.69. The second-order valence-electron chi connectivity index (χ2n) is 7.44. The summed E-state index contributed by atoms with van der Waals surface area (Å²) in [5.74, 6) is 1.20. The van der Waals surface area contributed by atoms with Crippen LogP contribution in [0.3, 0.4) is 0 Å². The van der Waals surface area contributed by atoms with E-state index in [2.05, 4.69) is 45.0 Å². The molecule has 2 aromatic heterocycles. The number of anilines is 1. The molecule has 140 valence electrons. The number of carbonyl (C=O) groups excluding carboxylic acids is 1. The third kappa shape index (κ3) is 4.17. The average Bonchev–Trinajstić information content (AvgIpc) is 3.26. The summed E-state index contributed by atoms with van der Waals surface area (Å²) >= 11 is 0. The molecule has 0 spiro atoms. The highest BCUT2D eigenvalue weighted by atomic mass is 16.1. The van der Waals surface area contributed by atoms with Crippen molar-refractivity contribution >= 4 is 17.4 Å². The molecule has 1 atom stereocenters. The van der Waals surface area contributed by atoms with Gasteiger partial charge >= 0.3 is 0 Å². The summed E-state index contributed by atoms with van der Waals surface area (Å²) in [6.45, 7) is 6.16. The summed E-state index contributed by atoms with van der Waals surface area (Å²) < 4.78 is 1.75. The first-order valence-electron chi connectivity index (χ1n) is 9.49. The van der Waals surface area contributed by atoms with Crippen LogP contribution in [0.2, 0.25) is 0 Å². The van der Waals surface area contributed by atoms with Gasteiger partial charge in [-0.1, -0.05) is 24.3 Å². The molecule has 1 aromatic carbocycles. The van der Waals surface area contributed by atoms with E-state index in [1.807, 2.05) is 19.9 Å². The molecule has 6 nitrogen and oxygen atoms in total. The van der Waals surface area contributed by atoms with E-state index in [4.69, 9.17) is 0 Å². The van der Waals surface area contributed by atoms with Gasteiger partial charge in [-0.2, -0.15) is 0 Å². The number of nitrogens with zero attached hydrogens (tertiary/aromatic N) is 3. The van der Waals surface area contributed by atoms with Crippen LogP contribution in [0.5, 0.6) is 0 Å². The van der Waals surface area contributed by atoms with Crippen LogP contribution >= 0.6 is 0 Å². The molecule has 4 rings (SSSR count). The van der Waals surface area contributed by atoms with Gasteiger partial charge in [-0.3, -0.25) is 4.79 Å². The number of benzene rings is 1. The number of rotatable bonds is 5. The highest BCUT2D eigenvalue weighted by Crippen LogP contribution is 2.17. The third-order valence-corrected chi connectivity index (χ3v) is 5.08. The molecule has 0 bridgehead atoms. The molecule has 1 fully saturated rings. The van der Waals surface area contributed by atoms with Gasteiger partial charge in [0.15, 0.2) is 11.5 Å². The van der Waals surface area contributed by atoms with Crippen LogP contribution in [-0.4, -0.2) is 33.6 Å². The fourth-order valence-electron chi connectivity index (χ4n) is 3.74. The van der Waals surface area contributed by atoms with Crippen molar-refractivity contribution in [3.8, 4) is 0 Å². The lowest BCUT2D eigenvalue weighted by Crippen LogP contribution is -2.15. The molecule has 0 aliphatic carbocycles. The van der Waals surface area contributed by atoms with Crippen LogP contribution in [0.15, 0.2) is 36.4 Å². The summed E-state index contributed by atoms with van der Waals surface area (Å²) in [7, 11) is 0. The molecule has 0 saturated carbocycles. The number of amides is 1. The molecule has 6 heteroatoms. The van der Waals surface area contributed by atoms with Crippen LogP contribution in [0, 0.1) is 19.8 Å². The van der Waals surface area contributed by atoms with Crippen molar-refractivity contribution < 1.29 is 4.79 Å². The van der Waals surface area contributed by atoms with E-state index in [-0.39, 0.29) is 5.91 Å². The van der Waals surface area contributed by atoms with Gasteiger partial charge in [-0.05, 0) is 62.9 Å². The maximum Gasteiger partial charge on any atom is 0.229 e. The molecule has 0 radical (unpaired) electrons. The third-order valence-electron chi connectivity index (χ3n) is 5.08. The standard InChI is InChI=1S/C21H25N5O/c1-14-9-15(2)26-20(23-14)12-19(25-26)24-21(27)11-17-5-3-16(4-6-17)10-18-7-8-22-13-18/h3-6,9,12,18,22H,7-8,10-11,13H2,1-2H3,(H,24,25,27). The lowest BCUT2D eigenvalue weighted by atomic mass is 9.97. The fourth-order valence-corrected chi connectivity index (χ4v) is 3.74. The van der Waals surface area contributed by atoms with E-state index < -0.39 is 0 Å². The second-order valence-corrected chi connectivity index (χ2v) is 7.44. The predicted molar refractivity (Wildman–Crippen MR) is 106 cm³/mol. The monoisotopic (exact) mass is 363 g/mol. The molecule has 2 N–H and O–H groups in total. The van der Waals surface area contributed by atoms with Crippen molar-refractivity contribution in [3.63, 3.8) is 0 Å². The van der Waals surface area contributed by atoms with Gasteiger partial charge in [0.05, 0.1) is 6.42 Å². The van der Waals surface area contributed by atoms with Crippen LogP contribution < -0.4 is 10.6 Å². The number of fused-ring (bicyclic) bond motifs is 1. The first-order valence-corrected chi connectivity index (χ1v) is 9.49. The quantitative estimate of drug-likeness (QED) is 0.731. The van der Waals surface area contributed by atoms with Crippen LogP contribution in [-0.2, 0) is 17.6 Å². The first kappa shape index (κ1) is 17.7. The van der Waals surface area contributed by atoms with Gasteiger partial charge in [0.25, 0.3) is 0 Å². The van der Waals surface area contributed by atoms with E-state index in [0.717, 1.165) is 48.0 Å². The number of aromatic nitrogens is 3. The van der Waals surface area contributed by atoms with Crippen molar-refractivity contribution in [3.05, 3.63) is 58.9 Å².